The van der Waals surface area contributed by atoms with Gasteiger partial charge in [0.25, 0.3) is 0 Å². The molecule has 2 fully saturated rings. The lowest BCUT2D eigenvalue weighted by atomic mass is 10.2. The molecule has 0 saturated carbocycles. The second-order valence-electron chi connectivity index (χ2n) is 5.11. The number of benzene rings is 1. The zero-order valence-electron chi connectivity index (χ0n) is 11.5. The lowest BCUT2D eigenvalue weighted by Gasteiger charge is -2.29. The van der Waals surface area contributed by atoms with Crippen LogP contribution in [0.15, 0.2) is 24.3 Å². The zero-order chi connectivity index (χ0) is 16.3. The summed E-state index contributed by atoms with van der Waals surface area (Å²) in [5, 5.41) is 19.3. The summed E-state index contributed by atoms with van der Waals surface area (Å²) in [4.78, 5) is 11.3. The topological polar surface area (TPSA) is 76.4 Å². The van der Waals surface area contributed by atoms with Crippen LogP contribution in [-0.2, 0) is 4.79 Å². The Bertz CT molecular complexity index is 580. The van der Waals surface area contributed by atoms with Gasteiger partial charge in [0.05, 0.1) is 11.6 Å². The number of nitriles is 1. The lowest BCUT2D eigenvalue weighted by Crippen LogP contribution is -2.43. The molecule has 118 valence electrons. The Balaban J connectivity index is 0.000000217. The molecule has 2 aliphatic rings. The molecule has 2 saturated heterocycles. The number of nitrogens with zero attached hydrogens (tertiary/aromatic N) is 2. The van der Waals surface area contributed by atoms with E-state index in [1.165, 1.54) is 12.1 Å². The number of anilines is 1. The van der Waals surface area contributed by atoms with Gasteiger partial charge in [-0.2, -0.15) is 18.4 Å². The number of hydrogen-bond acceptors (Lipinski definition) is 4. The maximum Gasteiger partial charge on any atom is 0.490 e. The van der Waals surface area contributed by atoms with Crippen LogP contribution in [0.3, 0.4) is 0 Å². The van der Waals surface area contributed by atoms with E-state index < -0.39 is 12.1 Å². The smallest absolute Gasteiger partial charge is 0.475 e. The van der Waals surface area contributed by atoms with Crippen LogP contribution < -0.4 is 10.2 Å². The van der Waals surface area contributed by atoms with Gasteiger partial charge in [-0.05, 0) is 30.7 Å². The van der Waals surface area contributed by atoms with Crippen LogP contribution in [-0.4, -0.2) is 42.4 Å². The van der Waals surface area contributed by atoms with Crippen molar-refractivity contribution in [3.63, 3.8) is 0 Å². The summed E-state index contributed by atoms with van der Waals surface area (Å²) in [6.45, 7) is 2.21. The Morgan fingerprint density at radius 1 is 1.36 bits per heavy atom. The highest BCUT2D eigenvalue weighted by molar-refractivity contribution is 5.73. The van der Waals surface area contributed by atoms with Gasteiger partial charge in [0.15, 0.2) is 0 Å². The minimum absolute atomic E-state index is 0.655. The summed E-state index contributed by atoms with van der Waals surface area (Å²) >= 11 is 0. The monoisotopic (exact) mass is 313 g/mol. The zero-order valence-corrected chi connectivity index (χ0v) is 11.5. The Kier molecular flexibility index (Phi) is 4.56. The molecule has 5 nitrogen and oxygen atoms in total. The first-order valence-electron chi connectivity index (χ1n) is 6.61. The number of fused-ring (bicyclic) bond motifs is 2. The number of nitrogens with one attached hydrogen (secondary N) is 1. The minimum atomic E-state index is -5.08. The van der Waals surface area contributed by atoms with Gasteiger partial charge < -0.3 is 15.3 Å². The van der Waals surface area contributed by atoms with E-state index in [1.807, 2.05) is 12.1 Å². The van der Waals surface area contributed by atoms with E-state index in [-0.39, 0.29) is 0 Å². The molecule has 1 aromatic carbocycles. The molecule has 0 spiro atoms. The summed E-state index contributed by atoms with van der Waals surface area (Å²) in [7, 11) is 0. The number of alkyl halides is 3. The second kappa shape index (κ2) is 6.23. The minimum Gasteiger partial charge on any atom is -0.475 e. The summed E-state index contributed by atoms with van der Waals surface area (Å²) in [5.74, 6) is -2.76. The van der Waals surface area contributed by atoms with E-state index in [4.69, 9.17) is 15.2 Å². The third-order valence-corrected chi connectivity index (χ3v) is 3.63. The normalized spacial score (nSPS) is 22.7. The summed E-state index contributed by atoms with van der Waals surface area (Å²) in [6, 6.07) is 11.4. The van der Waals surface area contributed by atoms with Gasteiger partial charge in [0.1, 0.15) is 0 Å². The predicted molar refractivity (Wildman–Crippen MR) is 72.4 cm³/mol. The molecule has 2 heterocycles. The molecule has 0 aromatic heterocycles. The molecule has 2 aliphatic heterocycles. The number of rotatable bonds is 1. The number of carboxylic acids is 1. The number of carboxylic acid groups (broad SMARTS) is 1. The molecule has 2 N–H and O–H groups in total. The molecule has 2 unspecified atom stereocenters. The van der Waals surface area contributed by atoms with Gasteiger partial charge in [0.2, 0.25) is 0 Å². The van der Waals surface area contributed by atoms with Crippen molar-refractivity contribution < 1.29 is 23.1 Å². The maximum absolute atomic E-state index is 10.6. The third kappa shape index (κ3) is 3.68. The van der Waals surface area contributed by atoms with Gasteiger partial charge in [-0.25, -0.2) is 4.79 Å². The average molecular weight is 313 g/mol. The number of halogens is 3. The molecule has 0 radical (unpaired) electrons. The largest absolute Gasteiger partial charge is 0.490 e. The number of aliphatic carboxylic acids is 1. The summed E-state index contributed by atoms with van der Waals surface area (Å²) in [6.07, 6.45) is -3.82. The molecule has 2 bridgehead atoms. The Morgan fingerprint density at radius 2 is 1.95 bits per heavy atom. The number of piperazine rings is 1. The standard InChI is InChI=1S/C12H13N3.C2HF3O2/c13-6-9-1-3-11(4-2-9)15-8-10-5-12(15)7-14-10;3-2(4,5)1(6)7/h1-4,10,12,14H,5,7-8H2;(H,6,7). The van der Waals surface area contributed by atoms with Crippen molar-refractivity contribution in [3.8, 4) is 6.07 Å². The quantitative estimate of drug-likeness (QED) is 0.826. The van der Waals surface area contributed by atoms with Gasteiger partial charge in [-0.3, -0.25) is 0 Å². The Hall–Kier alpha value is -2.27. The number of hydrogen-bond donors (Lipinski definition) is 2. The predicted octanol–water partition coefficient (Wildman–Crippen LogP) is 1.74. The second-order valence-corrected chi connectivity index (χ2v) is 5.11. The van der Waals surface area contributed by atoms with Crippen molar-refractivity contribution in [3.05, 3.63) is 29.8 Å². The maximum atomic E-state index is 10.6. The fourth-order valence-corrected chi connectivity index (χ4v) is 2.60. The van der Waals surface area contributed by atoms with Crippen molar-refractivity contribution in [2.75, 3.05) is 18.0 Å². The van der Waals surface area contributed by atoms with Crippen molar-refractivity contribution in [2.24, 2.45) is 0 Å². The molecule has 0 aliphatic carbocycles. The highest BCUT2D eigenvalue weighted by atomic mass is 19.4. The lowest BCUT2D eigenvalue weighted by molar-refractivity contribution is -0.192. The van der Waals surface area contributed by atoms with Gasteiger partial charge >= 0.3 is 12.1 Å². The van der Waals surface area contributed by atoms with Crippen molar-refractivity contribution >= 4 is 11.7 Å². The molecule has 22 heavy (non-hydrogen) atoms. The highest BCUT2D eigenvalue weighted by Gasteiger charge is 2.38. The van der Waals surface area contributed by atoms with Gasteiger partial charge in [-0.15, -0.1) is 0 Å². The van der Waals surface area contributed by atoms with Gasteiger partial charge in [0, 0.05) is 30.9 Å². The average Bonchev–Trinajstić information content (AvgIpc) is 3.10. The van der Waals surface area contributed by atoms with Crippen LogP contribution in [0.25, 0.3) is 0 Å². The Labute approximate surface area is 124 Å². The molecular formula is C14H14F3N3O2. The van der Waals surface area contributed by atoms with Crippen LogP contribution in [0.4, 0.5) is 18.9 Å². The fraction of sp³-hybridized carbons (Fsp3) is 0.429. The van der Waals surface area contributed by atoms with Crippen LogP contribution in [0.5, 0.6) is 0 Å². The van der Waals surface area contributed by atoms with E-state index in [2.05, 4.69) is 28.4 Å². The first-order chi connectivity index (χ1) is 10.3. The van der Waals surface area contributed by atoms with E-state index in [9.17, 15) is 13.2 Å². The van der Waals surface area contributed by atoms with E-state index in [0.717, 1.165) is 18.7 Å². The van der Waals surface area contributed by atoms with Crippen molar-refractivity contribution in [1.29, 1.82) is 5.26 Å². The summed E-state index contributed by atoms with van der Waals surface area (Å²) in [5.41, 5.74) is 1.99. The Morgan fingerprint density at radius 3 is 2.32 bits per heavy atom. The van der Waals surface area contributed by atoms with Crippen molar-refractivity contribution in [1.82, 2.24) is 5.32 Å². The van der Waals surface area contributed by atoms with Crippen LogP contribution >= 0.6 is 0 Å². The SMILES string of the molecule is N#Cc1ccc(N2CC3CC2CN3)cc1.O=C(O)C(F)(F)F. The van der Waals surface area contributed by atoms with Crippen LogP contribution in [0.2, 0.25) is 0 Å². The first-order valence-corrected chi connectivity index (χ1v) is 6.61. The molecule has 1 aromatic rings. The molecule has 3 rings (SSSR count). The first kappa shape index (κ1) is 16.1. The molecule has 0 amide bonds. The van der Waals surface area contributed by atoms with Crippen LogP contribution in [0.1, 0.15) is 12.0 Å². The van der Waals surface area contributed by atoms with E-state index >= 15 is 0 Å². The number of carbonyl (C=O) groups is 1. The fourth-order valence-electron chi connectivity index (χ4n) is 2.60. The van der Waals surface area contributed by atoms with Crippen molar-refractivity contribution in [2.45, 2.75) is 24.7 Å². The van der Waals surface area contributed by atoms with E-state index in [0.29, 0.717) is 12.1 Å². The highest BCUT2D eigenvalue weighted by Crippen LogP contribution is 2.29. The van der Waals surface area contributed by atoms with Crippen LogP contribution in [0, 0.1) is 11.3 Å². The summed E-state index contributed by atoms with van der Waals surface area (Å²) < 4.78 is 31.7. The third-order valence-electron chi connectivity index (χ3n) is 3.63. The molecular weight excluding hydrogens is 299 g/mol. The molecule has 8 heteroatoms. The molecule has 2 atom stereocenters. The van der Waals surface area contributed by atoms with Gasteiger partial charge in [-0.1, -0.05) is 0 Å². The van der Waals surface area contributed by atoms with E-state index in [1.54, 1.807) is 0 Å².